The molecule has 0 spiro atoms. The molecule has 1 heterocycles. The number of carboxylic acid groups (broad SMARTS) is 4. The van der Waals surface area contributed by atoms with Crippen molar-refractivity contribution < 1.29 is 68.3 Å². The number of carbonyl (C=O) groups excluding carboxylic acids is 5. The zero-order valence-electron chi connectivity index (χ0n) is 37.2. The van der Waals surface area contributed by atoms with Gasteiger partial charge in [-0.3, -0.25) is 33.6 Å². The van der Waals surface area contributed by atoms with Gasteiger partial charge in [-0.2, -0.15) is 0 Å². The van der Waals surface area contributed by atoms with Crippen LogP contribution >= 0.6 is 0 Å². The molecule has 0 aromatic carbocycles. The van der Waals surface area contributed by atoms with E-state index in [1.54, 1.807) is 39.0 Å². The summed E-state index contributed by atoms with van der Waals surface area (Å²) < 4.78 is 4.19. The second kappa shape index (κ2) is 44.1. The van der Waals surface area contributed by atoms with Gasteiger partial charge in [0, 0.05) is 24.2 Å². The molecular weight excluding hydrogens is 792 g/mol. The fraction of sp³-hybridized carbons (Fsp3) is 0.578. The van der Waals surface area contributed by atoms with Gasteiger partial charge in [0.2, 0.25) is 0 Å². The monoisotopic (exact) mass is 867 g/mol. The number of Topliss-reactive ketones (excluding diaryl/α,β-unsaturated/α-hetero) is 3. The normalized spacial score (nSPS) is 14.0. The highest BCUT2D eigenvalue weighted by atomic mass is 16.6. The summed E-state index contributed by atoms with van der Waals surface area (Å²) in [6.07, 6.45) is 18.7. The molecule has 0 bridgehead atoms. The van der Waals surface area contributed by atoms with Gasteiger partial charge in [-0.15, -0.1) is 26.3 Å². The number of nitrogens with one attached hydrogen (secondary N) is 1. The molecule has 1 saturated heterocycles. The fourth-order valence-electron chi connectivity index (χ4n) is 4.77. The summed E-state index contributed by atoms with van der Waals surface area (Å²) in [4.78, 5) is 93.6. The molecule has 0 aromatic heterocycles. The second-order valence-electron chi connectivity index (χ2n) is 13.6. The van der Waals surface area contributed by atoms with Crippen molar-refractivity contribution >= 4 is 53.3 Å². The van der Waals surface area contributed by atoms with E-state index in [1.807, 2.05) is 26.8 Å². The Balaban J connectivity index is -0.000000210. The lowest BCUT2D eigenvalue weighted by Crippen LogP contribution is -2.28. The first kappa shape index (κ1) is 64.6. The maximum Gasteiger partial charge on any atom is 0.415 e. The van der Waals surface area contributed by atoms with Crippen molar-refractivity contribution in [3.63, 3.8) is 0 Å². The summed E-state index contributed by atoms with van der Waals surface area (Å²) in [5, 5.41) is 35.1. The Labute approximate surface area is 362 Å². The van der Waals surface area contributed by atoms with Gasteiger partial charge in [0.15, 0.2) is 0 Å². The number of rotatable bonds is 26. The van der Waals surface area contributed by atoms with Gasteiger partial charge in [-0.1, -0.05) is 70.1 Å². The molecule has 1 amide bonds. The number of allylic oxidation sites excluding steroid dienone is 2. The van der Waals surface area contributed by atoms with Crippen LogP contribution in [0.2, 0.25) is 0 Å². The summed E-state index contributed by atoms with van der Waals surface area (Å²) in [6.45, 7) is 24.5. The third-order valence-corrected chi connectivity index (χ3v) is 8.47. The lowest BCUT2D eigenvalue weighted by molar-refractivity contribution is -0.139. The minimum atomic E-state index is -0.982. The fourth-order valence-corrected chi connectivity index (χ4v) is 4.77. The van der Waals surface area contributed by atoms with Gasteiger partial charge < -0.3 is 36.2 Å². The molecule has 7 N–H and O–H groups in total. The summed E-state index contributed by atoms with van der Waals surface area (Å²) in [7, 11) is 0. The number of carboxylic acids is 4. The van der Waals surface area contributed by atoms with E-state index in [9.17, 15) is 43.2 Å². The van der Waals surface area contributed by atoms with Gasteiger partial charge in [0.25, 0.3) is 0 Å². The van der Waals surface area contributed by atoms with Crippen LogP contribution in [0.15, 0.2) is 62.8 Å². The molecule has 5 atom stereocenters. The highest BCUT2D eigenvalue weighted by molar-refractivity contribution is 5.95. The number of nitrogens with two attached hydrogens (primary N) is 1. The van der Waals surface area contributed by atoms with Gasteiger partial charge in [-0.25, -0.2) is 9.59 Å². The molecule has 348 valence electrons. The quantitative estimate of drug-likeness (QED) is 0.0208. The van der Waals surface area contributed by atoms with Crippen molar-refractivity contribution in [2.75, 3.05) is 0 Å². The zero-order chi connectivity index (χ0) is 48.3. The van der Waals surface area contributed by atoms with Gasteiger partial charge >= 0.3 is 35.9 Å². The average molecular weight is 867 g/mol. The van der Waals surface area contributed by atoms with Crippen molar-refractivity contribution in [2.45, 2.75) is 150 Å². The van der Waals surface area contributed by atoms with E-state index in [0.29, 0.717) is 12.8 Å². The number of esters is 1. The number of aliphatic carboxylic acids is 4. The molecule has 0 unspecified atom stereocenters. The predicted molar refractivity (Wildman–Crippen MR) is 236 cm³/mol. The molecule has 1 rings (SSSR count). The smallest absolute Gasteiger partial charge is 0.415 e. The van der Waals surface area contributed by atoms with Crippen LogP contribution in [0.5, 0.6) is 0 Å². The first-order chi connectivity index (χ1) is 28.6. The average Bonchev–Trinajstić information content (AvgIpc) is 3.49. The Bertz CT molecular complexity index is 1390. The molecule has 16 nitrogen and oxygen atoms in total. The maximum absolute atomic E-state index is 11.1. The minimum Gasteiger partial charge on any atom is -0.481 e. The Morgan fingerprint density at radius 1 is 0.656 bits per heavy atom. The molecule has 0 aliphatic carbocycles. The van der Waals surface area contributed by atoms with E-state index in [1.165, 1.54) is 12.2 Å². The summed E-state index contributed by atoms with van der Waals surface area (Å²) in [5.74, 6) is -2.61. The van der Waals surface area contributed by atoms with Crippen LogP contribution in [-0.2, 0) is 43.1 Å². The van der Waals surface area contributed by atoms with E-state index in [0.717, 1.165) is 64.2 Å². The first-order valence-electron chi connectivity index (χ1n) is 20.3. The van der Waals surface area contributed by atoms with Gasteiger partial charge in [0.1, 0.15) is 29.4 Å². The predicted octanol–water partition coefficient (Wildman–Crippen LogP) is 8.05. The molecule has 0 saturated carbocycles. The molecule has 16 heteroatoms. The SMILES string of the molecule is C=CCC(=O)O.C=CC[C@@H]1NC(=O)OC1=O.C=CC[C@H](CC)C(C)=O.C=CC[C@H](N)C(=O)O.CC[C@@H](CC/C=C/CC(=O)O)C(C)=O.CC[C@@H](CCCCCC(=O)O)C(C)=O. The van der Waals surface area contributed by atoms with E-state index in [2.05, 4.69) is 36.4 Å². The van der Waals surface area contributed by atoms with Gasteiger partial charge in [0.05, 0.1) is 12.8 Å². The van der Waals surface area contributed by atoms with Gasteiger partial charge in [-0.05, 0) is 85.0 Å². The largest absolute Gasteiger partial charge is 0.481 e. The molecule has 1 aliphatic heterocycles. The molecule has 1 aliphatic rings. The molecule has 61 heavy (non-hydrogen) atoms. The van der Waals surface area contributed by atoms with E-state index < -0.39 is 48.0 Å². The lowest BCUT2D eigenvalue weighted by Gasteiger charge is -2.09. The number of alkyl carbamates (subject to hydrolysis) is 1. The Morgan fingerprint density at radius 2 is 1.15 bits per heavy atom. The van der Waals surface area contributed by atoms with Crippen LogP contribution in [-0.4, -0.2) is 85.8 Å². The minimum absolute atomic E-state index is 0.0556. The summed E-state index contributed by atoms with van der Waals surface area (Å²) in [5.41, 5.74) is 5.06. The highest BCUT2D eigenvalue weighted by Crippen LogP contribution is 2.15. The number of amides is 1. The van der Waals surface area contributed by atoms with E-state index in [4.69, 9.17) is 26.2 Å². The van der Waals surface area contributed by atoms with E-state index in [-0.39, 0.29) is 54.4 Å². The Kier molecular flexibility index (Phi) is 46.7. The third-order valence-electron chi connectivity index (χ3n) is 8.47. The Morgan fingerprint density at radius 3 is 1.44 bits per heavy atom. The van der Waals surface area contributed by atoms with E-state index >= 15 is 0 Å². The highest BCUT2D eigenvalue weighted by Gasteiger charge is 2.30. The second-order valence-corrected chi connectivity index (χ2v) is 13.6. The first-order valence-corrected chi connectivity index (χ1v) is 20.3. The van der Waals surface area contributed by atoms with Crippen LogP contribution in [0, 0.1) is 17.8 Å². The summed E-state index contributed by atoms with van der Waals surface area (Å²) >= 11 is 0. The number of hydrogen-bond donors (Lipinski definition) is 6. The molecular formula is C45H74N2O14. The standard InChI is InChI=1S/C11H20O3.C11H18O3.C8H14O.C6H7NO3.C5H9NO2.C4H6O2/c2*1-3-10(9(2)12)7-5-4-6-8-11(13)14;1-4-6-8(5-2)7(3)9;1-2-3-4-5(8)10-6(9)7-4;1-2-3-4(6)5(7)8;1-2-3-4(5)6/h10H,3-8H2,1-2H3,(H,13,14);4,6,10H,3,5,7-8H2,1-2H3,(H,13,14);4,8H,1,5-6H2,2-3H3;2,4H,1,3H2,(H,7,9);2,4H,1,3,6H2,(H,7,8);2H,1,3H2,(H,5,6)/b;6-4+;;;;/t2*10-;8-;2*4-;/m00000./s1. The van der Waals surface area contributed by atoms with Crippen molar-refractivity contribution in [3.05, 3.63) is 62.8 Å². The van der Waals surface area contributed by atoms with Crippen molar-refractivity contribution in [1.29, 1.82) is 0 Å². The maximum atomic E-state index is 11.1. The Hall–Kier alpha value is -5.51. The zero-order valence-corrected chi connectivity index (χ0v) is 37.2. The van der Waals surface area contributed by atoms with Crippen LogP contribution in [0.4, 0.5) is 4.79 Å². The number of hydrogen-bond acceptors (Lipinski definition) is 11. The third kappa shape index (κ3) is 47.0. The number of ketones is 3. The van der Waals surface area contributed by atoms with Crippen molar-refractivity contribution in [3.8, 4) is 0 Å². The van der Waals surface area contributed by atoms with Crippen molar-refractivity contribution in [2.24, 2.45) is 23.5 Å². The lowest BCUT2D eigenvalue weighted by atomic mass is 9.95. The molecule has 1 fully saturated rings. The number of ether oxygens (including phenoxy) is 1. The van der Waals surface area contributed by atoms with Crippen LogP contribution in [0.1, 0.15) is 138 Å². The number of cyclic esters (lactones) is 2. The molecule has 0 aromatic rings. The van der Waals surface area contributed by atoms with Crippen molar-refractivity contribution in [1.82, 2.24) is 5.32 Å². The number of unbranched alkanes of at least 4 members (excludes halogenated alkanes) is 2. The molecule has 0 radical (unpaired) electrons. The van der Waals surface area contributed by atoms with Crippen LogP contribution in [0.25, 0.3) is 0 Å². The van der Waals surface area contributed by atoms with Crippen LogP contribution < -0.4 is 11.1 Å². The van der Waals surface area contributed by atoms with Crippen LogP contribution in [0.3, 0.4) is 0 Å². The summed E-state index contributed by atoms with van der Waals surface area (Å²) in [6, 6.07) is -1.31. The number of carbonyl (C=O) groups is 9. The topological polar surface area (TPSA) is 282 Å².